The largest absolute Gasteiger partial charge is 0.372 e. The van der Waals surface area contributed by atoms with E-state index in [1.807, 2.05) is 36.4 Å². The van der Waals surface area contributed by atoms with Gasteiger partial charge in [0.2, 0.25) is 5.91 Å². The maximum absolute atomic E-state index is 13.5. The molecule has 216 valence electrons. The lowest BCUT2D eigenvalue weighted by molar-refractivity contribution is -0.116. The standard InChI is InChI=1S/C30H29N5O4S3/c1-3-33(4-2)23-16-13-21(14-17-23)12-15-22-19-30(35(32-22)24-8-7-9-25(18-24)42(37,38)39)34(28(36)20-40-30)29-31-26-10-5-6-11-27(26)41-29/h5-18H,3-4,19-20H2,1-2H3,(H,37,38,39). The lowest BCUT2D eigenvalue weighted by Gasteiger charge is -2.39. The molecule has 9 nitrogen and oxygen atoms in total. The van der Waals surface area contributed by atoms with Gasteiger partial charge in [0, 0.05) is 25.2 Å². The Bertz CT molecular complexity index is 1780. The van der Waals surface area contributed by atoms with Gasteiger partial charge >= 0.3 is 0 Å². The molecule has 42 heavy (non-hydrogen) atoms. The van der Waals surface area contributed by atoms with Crippen LogP contribution in [0.5, 0.6) is 0 Å². The van der Waals surface area contributed by atoms with Gasteiger partial charge in [0.05, 0.1) is 32.3 Å². The van der Waals surface area contributed by atoms with E-state index in [2.05, 4.69) is 43.0 Å². The molecule has 1 N–H and O–H groups in total. The average Bonchev–Trinajstić information content (AvgIpc) is 3.67. The van der Waals surface area contributed by atoms with Gasteiger partial charge in [-0.15, -0.1) is 0 Å². The predicted octanol–water partition coefficient (Wildman–Crippen LogP) is 6.10. The molecule has 1 unspecified atom stereocenters. The molecule has 3 heterocycles. The van der Waals surface area contributed by atoms with Crippen LogP contribution in [0.25, 0.3) is 16.3 Å². The molecular formula is C30H29N5O4S3. The zero-order chi connectivity index (χ0) is 29.5. The second-order valence-corrected chi connectivity index (χ2v) is 13.5. The molecule has 0 saturated carbocycles. The third-order valence-corrected chi connectivity index (χ3v) is 10.5. The van der Waals surface area contributed by atoms with Crippen LogP contribution in [0, 0.1) is 0 Å². The van der Waals surface area contributed by atoms with Gasteiger partial charge in [-0.05, 0) is 68.0 Å². The third kappa shape index (κ3) is 5.19. The van der Waals surface area contributed by atoms with Crippen LogP contribution >= 0.6 is 23.1 Å². The Morgan fingerprint density at radius 3 is 2.50 bits per heavy atom. The minimum Gasteiger partial charge on any atom is -0.372 e. The van der Waals surface area contributed by atoms with E-state index in [0.717, 1.165) is 34.6 Å². The monoisotopic (exact) mass is 619 g/mol. The number of carbonyl (C=O) groups excluding carboxylic acids is 1. The van der Waals surface area contributed by atoms with Gasteiger partial charge in [0.15, 0.2) is 10.1 Å². The van der Waals surface area contributed by atoms with Crippen LogP contribution in [0.1, 0.15) is 25.8 Å². The zero-order valence-electron chi connectivity index (χ0n) is 23.0. The molecule has 3 aromatic carbocycles. The quantitative estimate of drug-likeness (QED) is 0.236. The number of anilines is 3. The number of amides is 1. The number of hydrogen-bond donors (Lipinski definition) is 1. The summed E-state index contributed by atoms with van der Waals surface area (Å²) >= 11 is 2.86. The number of hydrazone groups is 1. The van der Waals surface area contributed by atoms with Crippen LogP contribution in [0.4, 0.5) is 16.5 Å². The van der Waals surface area contributed by atoms with E-state index < -0.39 is 15.1 Å². The number of rotatable bonds is 8. The van der Waals surface area contributed by atoms with Crippen LogP contribution in [0.3, 0.4) is 0 Å². The number of thioether (sulfide) groups is 1. The number of benzene rings is 3. The van der Waals surface area contributed by atoms with E-state index >= 15 is 0 Å². The van der Waals surface area contributed by atoms with Crippen LogP contribution in [0.2, 0.25) is 0 Å². The summed E-state index contributed by atoms with van der Waals surface area (Å²) in [5, 5.41) is 7.15. The molecule has 1 saturated heterocycles. The van der Waals surface area contributed by atoms with Gasteiger partial charge < -0.3 is 4.90 Å². The van der Waals surface area contributed by atoms with Gasteiger partial charge in [-0.1, -0.05) is 59.5 Å². The second kappa shape index (κ2) is 11.2. The fourth-order valence-electron chi connectivity index (χ4n) is 5.26. The number of fused-ring (bicyclic) bond motifs is 1. The highest BCUT2D eigenvalue weighted by atomic mass is 32.2. The summed E-state index contributed by atoms with van der Waals surface area (Å²) in [5.74, 6) is 0.103. The second-order valence-electron chi connectivity index (χ2n) is 9.87. The number of thiazole rings is 1. The third-order valence-electron chi connectivity index (χ3n) is 7.32. The van der Waals surface area contributed by atoms with Crippen molar-refractivity contribution < 1.29 is 17.8 Å². The van der Waals surface area contributed by atoms with E-state index in [1.165, 1.54) is 35.2 Å². The van der Waals surface area contributed by atoms with Gasteiger partial charge in [-0.2, -0.15) is 13.5 Å². The SMILES string of the molecule is CCN(CC)c1ccc(C=CC2=NN(c3cccc(S(=O)(=O)O)c3)C3(C2)SCC(=O)N3c2nc3ccccc3s2)cc1. The van der Waals surface area contributed by atoms with E-state index in [0.29, 0.717) is 23.0 Å². The van der Waals surface area contributed by atoms with E-state index in [4.69, 9.17) is 10.1 Å². The minimum absolute atomic E-state index is 0.109. The van der Waals surface area contributed by atoms with Crippen molar-refractivity contribution in [1.29, 1.82) is 0 Å². The molecule has 4 aromatic rings. The van der Waals surface area contributed by atoms with E-state index in [9.17, 15) is 17.8 Å². The Labute approximate surface area is 252 Å². The highest BCUT2D eigenvalue weighted by Gasteiger charge is 2.56. The summed E-state index contributed by atoms with van der Waals surface area (Å²) < 4.78 is 34.7. The van der Waals surface area contributed by atoms with E-state index in [-0.39, 0.29) is 16.6 Å². The molecular weight excluding hydrogens is 591 g/mol. The first-order valence-electron chi connectivity index (χ1n) is 13.5. The molecule has 0 radical (unpaired) electrons. The molecule has 1 spiro atoms. The fourth-order valence-corrected chi connectivity index (χ4v) is 8.20. The Morgan fingerprint density at radius 2 is 1.79 bits per heavy atom. The number of nitrogens with zero attached hydrogens (tertiary/aromatic N) is 5. The summed E-state index contributed by atoms with van der Waals surface area (Å²) in [6, 6.07) is 22.0. The molecule has 2 aliphatic heterocycles. The van der Waals surface area contributed by atoms with Crippen molar-refractivity contribution in [3.05, 3.63) is 84.4 Å². The minimum atomic E-state index is -4.45. The first-order chi connectivity index (χ1) is 20.2. The zero-order valence-corrected chi connectivity index (χ0v) is 25.5. The average molecular weight is 620 g/mol. The molecule has 6 rings (SSSR count). The highest BCUT2D eigenvalue weighted by Crippen LogP contribution is 2.51. The summed E-state index contributed by atoms with van der Waals surface area (Å²) in [5.41, 5.74) is 4.11. The lowest BCUT2D eigenvalue weighted by Crippen LogP contribution is -2.53. The molecule has 1 aromatic heterocycles. The van der Waals surface area contributed by atoms with Crippen LogP contribution in [-0.4, -0.2) is 53.4 Å². The van der Waals surface area contributed by atoms with Crippen molar-refractivity contribution in [3.8, 4) is 0 Å². The van der Waals surface area contributed by atoms with Crippen molar-refractivity contribution in [2.75, 3.05) is 33.7 Å². The lowest BCUT2D eigenvalue weighted by atomic mass is 10.1. The number of aromatic nitrogens is 1. The number of hydrogen-bond acceptors (Lipinski definition) is 9. The van der Waals surface area contributed by atoms with Gasteiger partial charge in [-0.25, -0.2) is 9.99 Å². The Kier molecular flexibility index (Phi) is 7.56. The smallest absolute Gasteiger partial charge is 0.294 e. The van der Waals surface area contributed by atoms with Crippen molar-refractivity contribution in [2.45, 2.75) is 30.2 Å². The van der Waals surface area contributed by atoms with Gasteiger partial charge in [0.1, 0.15) is 0 Å². The van der Waals surface area contributed by atoms with Gasteiger partial charge in [-0.3, -0.25) is 14.2 Å². The van der Waals surface area contributed by atoms with Crippen LogP contribution in [-0.2, 0) is 14.9 Å². The Morgan fingerprint density at radius 1 is 1.02 bits per heavy atom. The van der Waals surface area contributed by atoms with Crippen molar-refractivity contribution >= 4 is 77.6 Å². The Balaban J connectivity index is 1.40. The van der Waals surface area contributed by atoms with Gasteiger partial charge in [0.25, 0.3) is 10.1 Å². The van der Waals surface area contributed by atoms with Crippen LogP contribution in [0.15, 0.2) is 88.9 Å². The molecule has 1 amide bonds. The number of para-hydroxylation sites is 1. The number of allylic oxidation sites excluding steroid dienone is 1. The van der Waals surface area contributed by atoms with E-state index in [1.54, 1.807) is 22.0 Å². The summed E-state index contributed by atoms with van der Waals surface area (Å²) in [7, 11) is -4.45. The van der Waals surface area contributed by atoms with Crippen molar-refractivity contribution in [1.82, 2.24) is 4.98 Å². The Hall–Kier alpha value is -3.71. The van der Waals surface area contributed by atoms with Crippen molar-refractivity contribution in [2.24, 2.45) is 5.10 Å². The van der Waals surface area contributed by atoms with Crippen molar-refractivity contribution in [3.63, 3.8) is 0 Å². The van der Waals surface area contributed by atoms with Crippen LogP contribution < -0.4 is 14.8 Å². The summed E-state index contributed by atoms with van der Waals surface area (Å²) in [4.78, 5) is 21.0. The summed E-state index contributed by atoms with van der Waals surface area (Å²) in [6.07, 6.45) is 4.30. The number of carbonyl (C=O) groups is 1. The highest BCUT2D eigenvalue weighted by molar-refractivity contribution is 8.02. The first-order valence-corrected chi connectivity index (χ1v) is 16.8. The molecule has 0 aliphatic carbocycles. The first kappa shape index (κ1) is 28.4. The molecule has 1 fully saturated rings. The molecule has 0 bridgehead atoms. The maximum Gasteiger partial charge on any atom is 0.294 e. The maximum atomic E-state index is 13.5. The molecule has 2 aliphatic rings. The predicted molar refractivity (Wildman–Crippen MR) is 172 cm³/mol. The normalized spacial score (nSPS) is 19.0. The fraction of sp³-hybridized carbons (Fsp3) is 0.233. The molecule has 12 heteroatoms. The molecule has 1 atom stereocenters. The summed E-state index contributed by atoms with van der Waals surface area (Å²) in [6.45, 7) is 6.12. The topological polar surface area (TPSA) is 106 Å².